The van der Waals surface area contributed by atoms with Gasteiger partial charge in [-0.15, -0.1) is 0 Å². The minimum Gasteiger partial charge on any atom is -0.379 e. The summed E-state index contributed by atoms with van der Waals surface area (Å²) in [6, 6.07) is 9.04. The molecule has 0 bridgehead atoms. The van der Waals surface area contributed by atoms with Crippen molar-refractivity contribution in [2.24, 2.45) is 0 Å². The van der Waals surface area contributed by atoms with Crippen LogP contribution in [0.5, 0.6) is 0 Å². The minimum atomic E-state index is -1.69. The average molecular weight is 436 g/mol. The van der Waals surface area contributed by atoms with Gasteiger partial charge in [-0.1, -0.05) is 11.2 Å². The number of hydrogen-bond donors (Lipinski definition) is 2. The first-order valence-corrected chi connectivity index (χ1v) is 10.6. The number of hydrogen-bond acceptors (Lipinski definition) is 9. The Morgan fingerprint density at radius 2 is 2.00 bits per heavy atom. The van der Waals surface area contributed by atoms with Crippen LogP contribution in [-0.4, -0.2) is 68.9 Å². The highest BCUT2D eigenvalue weighted by Gasteiger charge is 2.48. The number of amides is 1. The molecule has 2 fully saturated rings. The lowest BCUT2D eigenvalue weighted by atomic mass is 9.98. The maximum absolute atomic E-state index is 12.3. The Bertz CT molecular complexity index is 1130. The van der Waals surface area contributed by atoms with Crippen molar-refractivity contribution >= 4 is 11.9 Å². The number of pyridine rings is 1. The topological polar surface area (TPSA) is 126 Å². The molecule has 5 rings (SSSR count). The summed E-state index contributed by atoms with van der Waals surface area (Å²) in [6.45, 7) is 1.89. The maximum Gasteiger partial charge on any atom is 0.262 e. The molecule has 5 heterocycles. The zero-order valence-electron chi connectivity index (χ0n) is 17.7. The van der Waals surface area contributed by atoms with Crippen molar-refractivity contribution in [3.05, 3.63) is 42.3 Å². The Hall–Kier alpha value is -3.37. The number of aromatic nitrogens is 4. The van der Waals surface area contributed by atoms with Crippen molar-refractivity contribution in [2.75, 3.05) is 32.1 Å². The Balaban J connectivity index is 1.38. The normalized spacial score (nSPS) is 23.5. The summed E-state index contributed by atoms with van der Waals surface area (Å²) in [5.74, 6) is 0.253. The van der Waals surface area contributed by atoms with E-state index < -0.39 is 11.5 Å². The van der Waals surface area contributed by atoms with E-state index in [0.717, 1.165) is 19.4 Å². The highest BCUT2D eigenvalue weighted by molar-refractivity contribution is 5.87. The largest absolute Gasteiger partial charge is 0.379 e. The van der Waals surface area contributed by atoms with Crippen LogP contribution in [0.15, 0.2) is 41.1 Å². The molecule has 3 aromatic rings. The van der Waals surface area contributed by atoms with Crippen LogP contribution in [0.3, 0.4) is 0 Å². The van der Waals surface area contributed by atoms with Crippen molar-refractivity contribution < 1.29 is 19.2 Å². The second kappa shape index (κ2) is 8.29. The van der Waals surface area contributed by atoms with Gasteiger partial charge in [0.15, 0.2) is 5.76 Å². The summed E-state index contributed by atoms with van der Waals surface area (Å²) in [5, 5.41) is 18.1. The first kappa shape index (κ1) is 20.5. The maximum atomic E-state index is 12.3. The third-order valence-electron chi connectivity index (χ3n) is 5.85. The fourth-order valence-electron chi connectivity index (χ4n) is 4.00. The van der Waals surface area contributed by atoms with Gasteiger partial charge in [0.25, 0.3) is 5.91 Å². The summed E-state index contributed by atoms with van der Waals surface area (Å²) in [5.41, 5.74) is 0.607. The number of nitrogens with one attached hydrogen (secondary N) is 1. The highest BCUT2D eigenvalue weighted by atomic mass is 16.5. The second-order valence-electron chi connectivity index (χ2n) is 8.15. The van der Waals surface area contributed by atoms with E-state index in [1.165, 1.54) is 4.90 Å². The Labute approximate surface area is 184 Å². The fraction of sp³-hybridized carbons (Fsp3) is 0.409. The number of rotatable bonds is 5. The molecular weight excluding hydrogens is 412 g/mol. The molecule has 2 N–H and O–H groups in total. The van der Waals surface area contributed by atoms with Crippen molar-refractivity contribution in [2.45, 2.75) is 30.9 Å². The molecule has 0 aliphatic carbocycles. The number of carbonyl (C=O) groups is 1. The van der Waals surface area contributed by atoms with Gasteiger partial charge >= 0.3 is 0 Å². The van der Waals surface area contributed by atoms with Crippen LogP contribution in [0.1, 0.15) is 25.0 Å². The fourth-order valence-corrected chi connectivity index (χ4v) is 4.00. The smallest absolute Gasteiger partial charge is 0.262 e. The molecule has 10 heteroatoms. The molecule has 2 aliphatic rings. The molecule has 0 saturated carbocycles. The molecule has 166 valence electrons. The van der Waals surface area contributed by atoms with Crippen LogP contribution in [0.25, 0.3) is 22.8 Å². The Morgan fingerprint density at radius 3 is 2.75 bits per heavy atom. The number of likely N-dealkylation sites (tertiary alicyclic amines) is 1. The molecule has 0 unspecified atom stereocenters. The molecule has 0 spiro atoms. The monoisotopic (exact) mass is 436 g/mol. The van der Waals surface area contributed by atoms with Gasteiger partial charge < -0.3 is 24.6 Å². The molecular formula is C22H24N6O4. The van der Waals surface area contributed by atoms with Gasteiger partial charge in [0.2, 0.25) is 11.5 Å². The number of anilines is 1. The standard InChI is InChI=1S/C22H24N6O4/c1-28-10-8-22(30,20(28)29)19-12-18(27-32-19)16-6-2-5-15(25-16)17-7-9-23-21(26-17)24-14-4-3-11-31-13-14/h2,5-7,9,12,14,30H,3-4,8,10-11,13H2,1H3,(H,23,24,26)/t14-,22+/m0/s1. The summed E-state index contributed by atoms with van der Waals surface area (Å²) in [4.78, 5) is 27.4. The third kappa shape index (κ3) is 3.82. The van der Waals surface area contributed by atoms with Crippen molar-refractivity contribution in [3.63, 3.8) is 0 Å². The quantitative estimate of drug-likeness (QED) is 0.616. The number of nitrogens with zero attached hydrogens (tertiary/aromatic N) is 5. The number of ether oxygens (including phenoxy) is 1. The first-order chi connectivity index (χ1) is 15.5. The van der Waals surface area contributed by atoms with Crippen LogP contribution in [0, 0.1) is 0 Å². The van der Waals surface area contributed by atoms with Gasteiger partial charge in [-0.3, -0.25) is 4.79 Å². The van der Waals surface area contributed by atoms with E-state index in [-0.39, 0.29) is 18.2 Å². The summed E-state index contributed by atoms with van der Waals surface area (Å²) < 4.78 is 10.8. The van der Waals surface area contributed by atoms with E-state index in [2.05, 4.69) is 25.4 Å². The van der Waals surface area contributed by atoms with E-state index in [0.29, 0.717) is 41.9 Å². The predicted octanol–water partition coefficient (Wildman–Crippen LogP) is 1.83. The van der Waals surface area contributed by atoms with Gasteiger partial charge in [-0.2, -0.15) is 0 Å². The first-order valence-electron chi connectivity index (χ1n) is 10.6. The second-order valence-corrected chi connectivity index (χ2v) is 8.15. The van der Waals surface area contributed by atoms with Crippen LogP contribution >= 0.6 is 0 Å². The summed E-state index contributed by atoms with van der Waals surface area (Å²) in [6.07, 6.45) is 3.97. The van der Waals surface area contributed by atoms with Crippen molar-refractivity contribution in [1.29, 1.82) is 0 Å². The number of likely N-dealkylation sites (N-methyl/N-ethyl adjacent to an activating group) is 1. The zero-order valence-corrected chi connectivity index (χ0v) is 17.7. The number of aliphatic hydroxyl groups is 1. The van der Waals surface area contributed by atoms with Gasteiger partial charge in [0.05, 0.1) is 29.7 Å². The molecule has 1 amide bonds. The van der Waals surface area contributed by atoms with E-state index in [1.54, 1.807) is 31.4 Å². The van der Waals surface area contributed by atoms with Crippen LogP contribution in [0.2, 0.25) is 0 Å². The molecule has 0 radical (unpaired) electrons. The Morgan fingerprint density at radius 1 is 1.19 bits per heavy atom. The molecule has 2 saturated heterocycles. The molecule has 10 nitrogen and oxygen atoms in total. The van der Waals surface area contributed by atoms with Crippen LogP contribution in [-0.2, 0) is 15.1 Å². The van der Waals surface area contributed by atoms with Gasteiger partial charge in [-0.25, -0.2) is 15.0 Å². The van der Waals surface area contributed by atoms with E-state index in [1.807, 2.05) is 12.1 Å². The molecule has 2 atom stereocenters. The molecule has 32 heavy (non-hydrogen) atoms. The van der Waals surface area contributed by atoms with Crippen molar-refractivity contribution in [1.82, 2.24) is 25.0 Å². The van der Waals surface area contributed by atoms with Gasteiger partial charge in [0, 0.05) is 38.9 Å². The summed E-state index contributed by atoms with van der Waals surface area (Å²) >= 11 is 0. The zero-order chi connectivity index (χ0) is 22.1. The van der Waals surface area contributed by atoms with E-state index >= 15 is 0 Å². The lowest BCUT2D eigenvalue weighted by molar-refractivity contribution is -0.144. The minimum absolute atomic E-state index is 0.122. The lowest BCUT2D eigenvalue weighted by Crippen LogP contribution is -2.35. The molecule has 2 aliphatic heterocycles. The highest BCUT2D eigenvalue weighted by Crippen LogP contribution is 2.34. The van der Waals surface area contributed by atoms with Gasteiger partial charge in [-0.05, 0) is 31.0 Å². The van der Waals surface area contributed by atoms with E-state index in [4.69, 9.17) is 9.26 Å². The number of carbonyl (C=O) groups excluding carboxylic acids is 1. The van der Waals surface area contributed by atoms with Crippen molar-refractivity contribution in [3.8, 4) is 22.8 Å². The third-order valence-corrected chi connectivity index (χ3v) is 5.85. The average Bonchev–Trinajstić information content (AvgIpc) is 3.43. The predicted molar refractivity (Wildman–Crippen MR) is 114 cm³/mol. The molecule has 0 aromatic carbocycles. The lowest BCUT2D eigenvalue weighted by Gasteiger charge is -2.23. The SMILES string of the molecule is CN1CC[C@@](O)(c2cc(-c3cccc(-c4ccnc(N[C@H]5CCCOC5)n4)n3)no2)C1=O. The van der Waals surface area contributed by atoms with E-state index in [9.17, 15) is 9.90 Å². The summed E-state index contributed by atoms with van der Waals surface area (Å²) in [7, 11) is 1.65. The van der Waals surface area contributed by atoms with Crippen LogP contribution < -0.4 is 5.32 Å². The van der Waals surface area contributed by atoms with Gasteiger partial charge in [0.1, 0.15) is 5.69 Å². The van der Waals surface area contributed by atoms with Crippen LogP contribution in [0.4, 0.5) is 5.95 Å². The Kier molecular flexibility index (Phi) is 5.32. The molecule has 3 aromatic heterocycles.